The standard InChI is InChI=1S/C25H22N4O/c1-19-7-5-11-23(15-19)27-24(30)13-12-22-18-29(17-20-8-3-2-4-9-20)28-25(22)21-10-6-14-26-16-21/h2-16,18H,17H2,1H3,(H,27,30)/b13-12+. The lowest BCUT2D eigenvalue weighted by Crippen LogP contribution is -2.07. The Balaban J connectivity index is 1.59. The molecule has 0 aliphatic carbocycles. The molecule has 30 heavy (non-hydrogen) atoms. The number of nitrogens with one attached hydrogen (secondary N) is 1. The number of carbonyl (C=O) groups is 1. The number of aryl methyl sites for hydroxylation is 1. The van der Waals surface area contributed by atoms with E-state index in [1.165, 1.54) is 6.08 Å². The average molecular weight is 394 g/mol. The van der Waals surface area contributed by atoms with Gasteiger partial charge in [0.1, 0.15) is 5.69 Å². The molecule has 2 aromatic heterocycles. The van der Waals surface area contributed by atoms with Gasteiger partial charge in [0.15, 0.2) is 0 Å². The fourth-order valence-electron chi connectivity index (χ4n) is 3.21. The molecule has 0 radical (unpaired) electrons. The van der Waals surface area contributed by atoms with Crippen molar-refractivity contribution in [1.82, 2.24) is 14.8 Å². The highest BCUT2D eigenvalue weighted by atomic mass is 16.1. The lowest BCUT2D eigenvalue weighted by Gasteiger charge is -2.02. The third-order valence-corrected chi connectivity index (χ3v) is 4.61. The molecule has 0 saturated carbocycles. The highest BCUT2D eigenvalue weighted by molar-refractivity contribution is 6.02. The minimum Gasteiger partial charge on any atom is -0.323 e. The number of carbonyl (C=O) groups excluding carboxylic acids is 1. The Hall–Kier alpha value is -3.99. The zero-order chi connectivity index (χ0) is 20.8. The van der Waals surface area contributed by atoms with Gasteiger partial charge in [0, 0.05) is 41.5 Å². The van der Waals surface area contributed by atoms with Crippen LogP contribution in [0.2, 0.25) is 0 Å². The SMILES string of the molecule is Cc1cccc(NC(=O)/C=C/c2cn(Cc3ccccc3)nc2-c2cccnc2)c1. The summed E-state index contributed by atoms with van der Waals surface area (Å²) in [5.41, 5.74) is 5.58. The predicted octanol–water partition coefficient (Wildman–Crippen LogP) is 4.95. The van der Waals surface area contributed by atoms with Crippen molar-refractivity contribution >= 4 is 17.7 Å². The molecule has 1 N–H and O–H groups in total. The molecule has 4 aromatic rings. The normalized spacial score (nSPS) is 11.0. The lowest BCUT2D eigenvalue weighted by atomic mass is 10.1. The van der Waals surface area contributed by atoms with Crippen LogP contribution in [0.15, 0.2) is 91.4 Å². The molecule has 0 atom stereocenters. The lowest BCUT2D eigenvalue weighted by molar-refractivity contribution is -0.111. The maximum Gasteiger partial charge on any atom is 0.248 e. The van der Waals surface area contributed by atoms with Crippen LogP contribution in [0.25, 0.3) is 17.3 Å². The molecule has 0 saturated heterocycles. The van der Waals surface area contributed by atoms with Crippen molar-refractivity contribution in [3.05, 3.63) is 108 Å². The van der Waals surface area contributed by atoms with Gasteiger partial charge in [0.05, 0.1) is 6.54 Å². The van der Waals surface area contributed by atoms with Crippen LogP contribution in [0.3, 0.4) is 0 Å². The second-order valence-electron chi connectivity index (χ2n) is 7.05. The summed E-state index contributed by atoms with van der Waals surface area (Å²) in [4.78, 5) is 16.6. The van der Waals surface area contributed by atoms with Crippen molar-refractivity contribution in [2.75, 3.05) is 5.32 Å². The van der Waals surface area contributed by atoms with E-state index < -0.39 is 0 Å². The summed E-state index contributed by atoms with van der Waals surface area (Å²) in [6.07, 6.45) is 8.79. The van der Waals surface area contributed by atoms with E-state index >= 15 is 0 Å². The Labute approximate surface area is 175 Å². The Morgan fingerprint density at radius 3 is 2.70 bits per heavy atom. The number of nitrogens with zero attached hydrogens (tertiary/aromatic N) is 3. The molecule has 2 aromatic carbocycles. The summed E-state index contributed by atoms with van der Waals surface area (Å²) >= 11 is 0. The first-order valence-corrected chi connectivity index (χ1v) is 9.75. The highest BCUT2D eigenvalue weighted by Gasteiger charge is 2.10. The second kappa shape index (κ2) is 9.01. The van der Waals surface area contributed by atoms with Crippen molar-refractivity contribution in [2.45, 2.75) is 13.5 Å². The Bertz CT molecular complexity index is 1160. The monoisotopic (exact) mass is 394 g/mol. The van der Waals surface area contributed by atoms with Gasteiger partial charge >= 0.3 is 0 Å². The molecule has 0 bridgehead atoms. The fraction of sp³-hybridized carbons (Fsp3) is 0.0800. The maximum absolute atomic E-state index is 12.4. The van der Waals surface area contributed by atoms with E-state index in [9.17, 15) is 4.79 Å². The van der Waals surface area contributed by atoms with Gasteiger partial charge < -0.3 is 5.32 Å². The van der Waals surface area contributed by atoms with Gasteiger partial charge in [-0.05, 0) is 48.4 Å². The van der Waals surface area contributed by atoms with Crippen molar-refractivity contribution in [1.29, 1.82) is 0 Å². The average Bonchev–Trinajstić information content (AvgIpc) is 3.16. The van der Waals surface area contributed by atoms with Gasteiger partial charge in [-0.25, -0.2) is 0 Å². The zero-order valence-electron chi connectivity index (χ0n) is 16.7. The smallest absolute Gasteiger partial charge is 0.248 e. The third-order valence-electron chi connectivity index (χ3n) is 4.61. The van der Waals surface area contributed by atoms with Crippen LogP contribution in [-0.4, -0.2) is 20.7 Å². The molecule has 0 unspecified atom stereocenters. The van der Waals surface area contributed by atoms with Crippen LogP contribution >= 0.6 is 0 Å². The van der Waals surface area contributed by atoms with Crippen molar-refractivity contribution < 1.29 is 4.79 Å². The maximum atomic E-state index is 12.4. The summed E-state index contributed by atoms with van der Waals surface area (Å²) in [6.45, 7) is 2.64. The van der Waals surface area contributed by atoms with Crippen LogP contribution in [0.4, 0.5) is 5.69 Å². The largest absolute Gasteiger partial charge is 0.323 e. The first kappa shape index (κ1) is 19.3. The minimum absolute atomic E-state index is 0.187. The Kier molecular flexibility index (Phi) is 5.80. The number of amides is 1. The van der Waals surface area contributed by atoms with Gasteiger partial charge in [0.25, 0.3) is 0 Å². The van der Waals surface area contributed by atoms with E-state index in [1.807, 2.05) is 72.4 Å². The van der Waals surface area contributed by atoms with Crippen molar-refractivity contribution in [3.63, 3.8) is 0 Å². The van der Waals surface area contributed by atoms with Crippen LogP contribution in [0.1, 0.15) is 16.7 Å². The van der Waals surface area contributed by atoms with E-state index in [2.05, 4.69) is 22.4 Å². The van der Waals surface area contributed by atoms with E-state index in [1.54, 1.807) is 18.5 Å². The quantitative estimate of drug-likeness (QED) is 0.471. The van der Waals surface area contributed by atoms with E-state index in [-0.39, 0.29) is 5.91 Å². The van der Waals surface area contributed by atoms with Crippen molar-refractivity contribution in [2.24, 2.45) is 0 Å². The summed E-state index contributed by atoms with van der Waals surface area (Å²) in [7, 11) is 0. The molecule has 148 valence electrons. The molecule has 5 nitrogen and oxygen atoms in total. The van der Waals surface area contributed by atoms with Gasteiger partial charge in [-0.1, -0.05) is 42.5 Å². The number of hydrogen-bond donors (Lipinski definition) is 1. The molecule has 4 rings (SSSR count). The molecule has 0 fully saturated rings. The molecule has 2 heterocycles. The van der Waals surface area contributed by atoms with E-state index in [0.29, 0.717) is 6.54 Å². The number of anilines is 1. The molecular weight excluding hydrogens is 372 g/mol. The molecule has 1 amide bonds. The molecular formula is C25H22N4O. The van der Waals surface area contributed by atoms with E-state index in [4.69, 9.17) is 5.10 Å². The molecule has 0 aliphatic heterocycles. The minimum atomic E-state index is -0.187. The second-order valence-corrected chi connectivity index (χ2v) is 7.05. The van der Waals surface area contributed by atoms with Gasteiger partial charge in [-0.2, -0.15) is 5.10 Å². The van der Waals surface area contributed by atoms with Crippen LogP contribution in [0.5, 0.6) is 0 Å². The van der Waals surface area contributed by atoms with Crippen LogP contribution < -0.4 is 5.32 Å². The molecule has 5 heteroatoms. The first-order valence-electron chi connectivity index (χ1n) is 9.75. The Morgan fingerprint density at radius 1 is 1.07 bits per heavy atom. The van der Waals surface area contributed by atoms with Crippen LogP contribution in [0, 0.1) is 6.92 Å². The fourth-order valence-corrected chi connectivity index (χ4v) is 3.21. The van der Waals surface area contributed by atoms with Gasteiger partial charge in [-0.15, -0.1) is 0 Å². The van der Waals surface area contributed by atoms with Crippen molar-refractivity contribution in [3.8, 4) is 11.3 Å². The predicted molar refractivity (Wildman–Crippen MR) is 120 cm³/mol. The molecule has 0 aliphatic rings. The topological polar surface area (TPSA) is 59.8 Å². The van der Waals surface area contributed by atoms with Gasteiger partial charge in [0.2, 0.25) is 5.91 Å². The number of aromatic nitrogens is 3. The summed E-state index contributed by atoms with van der Waals surface area (Å²) in [5.74, 6) is -0.187. The summed E-state index contributed by atoms with van der Waals surface area (Å²) in [5, 5.41) is 7.64. The third kappa shape index (κ3) is 4.89. The highest BCUT2D eigenvalue weighted by Crippen LogP contribution is 2.23. The summed E-state index contributed by atoms with van der Waals surface area (Å²) in [6, 6.07) is 21.7. The number of benzene rings is 2. The van der Waals surface area contributed by atoms with E-state index in [0.717, 1.165) is 33.6 Å². The first-order chi connectivity index (χ1) is 14.7. The number of rotatable bonds is 6. The zero-order valence-corrected chi connectivity index (χ0v) is 16.7. The number of hydrogen-bond acceptors (Lipinski definition) is 3. The van der Waals surface area contributed by atoms with Crippen LogP contribution in [-0.2, 0) is 11.3 Å². The Morgan fingerprint density at radius 2 is 1.93 bits per heavy atom. The van der Waals surface area contributed by atoms with Gasteiger partial charge in [-0.3, -0.25) is 14.5 Å². The summed E-state index contributed by atoms with van der Waals surface area (Å²) < 4.78 is 1.88. The molecule has 0 spiro atoms. The number of pyridine rings is 1.